The second-order valence-electron chi connectivity index (χ2n) is 5.42. The highest BCUT2D eigenvalue weighted by Crippen LogP contribution is 2.30. The molecule has 6 nitrogen and oxygen atoms in total. The number of carbonyl (C=O) groups excluding carboxylic acids is 2. The Morgan fingerprint density at radius 1 is 0.920 bits per heavy atom. The minimum atomic E-state index is -0.816. The van der Waals surface area contributed by atoms with E-state index >= 15 is 0 Å². The average Bonchev–Trinajstić information content (AvgIpc) is 2.57. The number of nitrogens with one attached hydrogen (secondary N) is 2. The van der Waals surface area contributed by atoms with Gasteiger partial charge in [0.25, 0.3) is 0 Å². The maximum absolute atomic E-state index is 12.1. The maximum atomic E-state index is 12.1. The Morgan fingerprint density at radius 3 is 2.16 bits per heavy atom. The molecule has 0 aliphatic carbocycles. The molecule has 7 heteroatoms. The monoisotopic (exact) mass is 362 g/mol. The predicted octanol–water partition coefficient (Wildman–Crippen LogP) is 3.55. The highest BCUT2D eigenvalue weighted by atomic mass is 35.5. The lowest BCUT2D eigenvalue weighted by molar-refractivity contribution is -0.133. The molecule has 25 heavy (non-hydrogen) atoms. The zero-order valence-corrected chi connectivity index (χ0v) is 15.2. The van der Waals surface area contributed by atoms with Gasteiger partial charge in [0.2, 0.25) is 0 Å². The quantitative estimate of drug-likeness (QED) is 0.815. The first-order valence-corrected chi connectivity index (χ1v) is 7.84. The Labute approximate surface area is 151 Å². The van der Waals surface area contributed by atoms with Crippen molar-refractivity contribution < 1.29 is 19.1 Å². The van der Waals surface area contributed by atoms with Crippen molar-refractivity contribution >= 4 is 34.8 Å². The molecular weight excluding hydrogens is 344 g/mol. The second-order valence-corrected chi connectivity index (χ2v) is 5.82. The maximum Gasteiger partial charge on any atom is 0.314 e. The Morgan fingerprint density at radius 2 is 1.56 bits per heavy atom. The number of ether oxygens (including phenoxy) is 2. The van der Waals surface area contributed by atoms with E-state index in [-0.39, 0.29) is 0 Å². The number of halogens is 1. The summed E-state index contributed by atoms with van der Waals surface area (Å²) in [5, 5.41) is 5.43. The van der Waals surface area contributed by atoms with Crippen LogP contribution in [-0.4, -0.2) is 26.0 Å². The highest BCUT2D eigenvalue weighted by molar-refractivity contribution is 6.45. The molecular formula is C18H19ClN2O4. The van der Waals surface area contributed by atoms with E-state index in [9.17, 15) is 9.59 Å². The number of amides is 2. The van der Waals surface area contributed by atoms with E-state index in [1.807, 2.05) is 13.0 Å². The first-order valence-electron chi connectivity index (χ1n) is 7.46. The molecule has 2 N–H and O–H groups in total. The van der Waals surface area contributed by atoms with Crippen LogP contribution in [0.25, 0.3) is 0 Å². The summed E-state index contributed by atoms with van der Waals surface area (Å²) < 4.78 is 10.3. The van der Waals surface area contributed by atoms with Crippen molar-refractivity contribution in [1.82, 2.24) is 0 Å². The Hall–Kier alpha value is -2.73. The lowest BCUT2D eigenvalue weighted by Crippen LogP contribution is -2.29. The van der Waals surface area contributed by atoms with Crippen molar-refractivity contribution in [3.05, 3.63) is 46.5 Å². The summed E-state index contributed by atoms with van der Waals surface area (Å²) in [6.45, 7) is 3.70. The Bertz CT molecular complexity index is 798. The summed E-state index contributed by atoms with van der Waals surface area (Å²) >= 11 is 6.14. The first kappa shape index (κ1) is 18.6. The minimum Gasteiger partial charge on any atom is -0.493 e. The number of methoxy groups -OCH3 is 2. The van der Waals surface area contributed by atoms with Gasteiger partial charge < -0.3 is 20.1 Å². The average molecular weight is 363 g/mol. The third-order valence-electron chi connectivity index (χ3n) is 3.52. The molecule has 0 aliphatic rings. The zero-order valence-electron chi connectivity index (χ0n) is 14.4. The summed E-state index contributed by atoms with van der Waals surface area (Å²) in [6.07, 6.45) is 0. The fourth-order valence-corrected chi connectivity index (χ4v) is 2.71. The van der Waals surface area contributed by atoms with Gasteiger partial charge in [0.1, 0.15) is 0 Å². The third-order valence-corrected chi connectivity index (χ3v) is 3.82. The minimum absolute atomic E-state index is 0.379. The van der Waals surface area contributed by atoms with Gasteiger partial charge >= 0.3 is 11.8 Å². The summed E-state index contributed by atoms with van der Waals surface area (Å²) in [5.41, 5.74) is 2.57. The van der Waals surface area contributed by atoms with E-state index in [1.165, 1.54) is 14.2 Å². The van der Waals surface area contributed by atoms with Gasteiger partial charge in [0.05, 0.1) is 24.9 Å². The van der Waals surface area contributed by atoms with Gasteiger partial charge in [-0.25, -0.2) is 0 Å². The summed E-state index contributed by atoms with van der Waals surface area (Å²) in [6, 6.07) is 8.39. The fraction of sp³-hybridized carbons (Fsp3) is 0.222. The molecule has 0 spiro atoms. The third kappa shape index (κ3) is 4.42. The van der Waals surface area contributed by atoms with Gasteiger partial charge in [-0.1, -0.05) is 17.7 Å². The number of benzene rings is 2. The molecule has 0 radical (unpaired) electrons. The van der Waals surface area contributed by atoms with E-state index in [2.05, 4.69) is 10.6 Å². The van der Waals surface area contributed by atoms with Gasteiger partial charge in [-0.05, 0) is 43.2 Å². The van der Waals surface area contributed by atoms with Crippen molar-refractivity contribution in [2.24, 2.45) is 0 Å². The van der Waals surface area contributed by atoms with Crippen LogP contribution in [-0.2, 0) is 9.59 Å². The molecule has 0 saturated heterocycles. The van der Waals surface area contributed by atoms with Gasteiger partial charge in [-0.15, -0.1) is 0 Å². The molecule has 0 bridgehead atoms. The van der Waals surface area contributed by atoms with Crippen LogP contribution in [0, 0.1) is 13.8 Å². The smallest absolute Gasteiger partial charge is 0.314 e. The standard InChI is InChI=1S/C18H19ClN2O4/c1-10-7-11(2)16(13(19)8-10)21-18(23)17(22)20-12-5-6-14(24-3)15(9-12)25-4/h5-9H,1-4H3,(H,20,22)(H,21,23). The van der Waals surface area contributed by atoms with Crippen LogP contribution in [0.15, 0.2) is 30.3 Å². The lowest BCUT2D eigenvalue weighted by Gasteiger charge is -2.12. The topological polar surface area (TPSA) is 76.7 Å². The van der Waals surface area contributed by atoms with Crippen molar-refractivity contribution in [3.63, 3.8) is 0 Å². The molecule has 2 amide bonds. The van der Waals surface area contributed by atoms with Crippen molar-refractivity contribution in [3.8, 4) is 11.5 Å². The number of hydrogen-bond donors (Lipinski definition) is 2. The molecule has 0 unspecified atom stereocenters. The molecule has 0 fully saturated rings. The molecule has 0 aliphatic heterocycles. The summed E-state index contributed by atoms with van der Waals surface area (Å²) in [7, 11) is 3.00. The van der Waals surface area contributed by atoms with E-state index in [4.69, 9.17) is 21.1 Å². The predicted molar refractivity (Wildman–Crippen MR) is 97.7 cm³/mol. The summed E-state index contributed by atoms with van der Waals surface area (Å²) in [4.78, 5) is 24.3. The number of anilines is 2. The number of aryl methyl sites for hydroxylation is 2. The molecule has 0 atom stereocenters. The van der Waals surface area contributed by atoms with E-state index < -0.39 is 11.8 Å². The fourth-order valence-electron chi connectivity index (χ4n) is 2.35. The Kier molecular flexibility index (Phi) is 5.88. The van der Waals surface area contributed by atoms with Crippen molar-refractivity contribution in [2.45, 2.75) is 13.8 Å². The summed E-state index contributed by atoms with van der Waals surface area (Å²) in [5.74, 6) is -0.669. The van der Waals surface area contributed by atoms with Crippen LogP contribution in [0.2, 0.25) is 5.02 Å². The van der Waals surface area contributed by atoms with Crippen LogP contribution >= 0.6 is 11.6 Å². The highest BCUT2D eigenvalue weighted by Gasteiger charge is 2.17. The lowest BCUT2D eigenvalue weighted by atomic mass is 10.1. The molecule has 2 rings (SSSR count). The molecule has 0 aromatic heterocycles. The number of hydrogen-bond acceptors (Lipinski definition) is 4. The molecule has 2 aromatic carbocycles. The van der Waals surface area contributed by atoms with E-state index in [0.717, 1.165) is 11.1 Å². The van der Waals surface area contributed by atoms with Crippen molar-refractivity contribution in [1.29, 1.82) is 0 Å². The van der Waals surface area contributed by atoms with E-state index in [1.54, 1.807) is 31.2 Å². The van der Waals surface area contributed by atoms with Crippen LogP contribution < -0.4 is 20.1 Å². The van der Waals surface area contributed by atoms with Crippen LogP contribution in [0.4, 0.5) is 11.4 Å². The van der Waals surface area contributed by atoms with Gasteiger partial charge in [0.15, 0.2) is 11.5 Å². The van der Waals surface area contributed by atoms with Crippen LogP contribution in [0.3, 0.4) is 0 Å². The molecule has 0 saturated carbocycles. The number of carbonyl (C=O) groups is 2. The number of rotatable bonds is 4. The van der Waals surface area contributed by atoms with Crippen LogP contribution in [0.5, 0.6) is 11.5 Å². The molecule has 2 aromatic rings. The van der Waals surface area contributed by atoms with E-state index in [0.29, 0.717) is 27.9 Å². The molecule has 132 valence electrons. The van der Waals surface area contributed by atoms with Gasteiger partial charge in [0, 0.05) is 11.8 Å². The molecule has 0 heterocycles. The van der Waals surface area contributed by atoms with Crippen LogP contribution in [0.1, 0.15) is 11.1 Å². The van der Waals surface area contributed by atoms with Gasteiger partial charge in [-0.3, -0.25) is 9.59 Å². The normalized spacial score (nSPS) is 10.1. The SMILES string of the molecule is COc1ccc(NC(=O)C(=O)Nc2c(C)cc(C)cc2Cl)cc1OC. The zero-order chi connectivity index (χ0) is 18.6. The largest absolute Gasteiger partial charge is 0.493 e. The van der Waals surface area contributed by atoms with Crippen molar-refractivity contribution in [2.75, 3.05) is 24.9 Å². The first-order chi connectivity index (χ1) is 11.8. The Balaban J connectivity index is 2.12. The second kappa shape index (κ2) is 7.90. The van der Waals surface area contributed by atoms with Gasteiger partial charge in [-0.2, -0.15) is 0 Å².